The van der Waals surface area contributed by atoms with E-state index in [0.29, 0.717) is 0 Å². The summed E-state index contributed by atoms with van der Waals surface area (Å²) in [4.78, 5) is 0. The maximum Gasteiger partial charge on any atom is 0.136 e. The Bertz CT molecular complexity index is 2800. The molecule has 49 heavy (non-hydrogen) atoms. The molecule has 0 aliphatic rings. The van der Waals surface area contributed by atoms with E-state index in [2.05, 4.69) is 182 Å². The maximum atomic E-state index is 6.76. The Balaban J connectivity index is 1.32. The Morgan fingerprint density at radius 3 is 1.55 bits per heavy atom. The van der Waals surface area contributed by atoms with Crippen LogP contribution in [0.25, 0.3) is 98.8 Å². The van der Waals surface area contributed by atoms with E-state index in [1.807, 2.05) is 0 Å². The lowest BCUT2D eigenvalue weighted by Gasteiger charge is -2.18. The molecule has 9 aromatic carbocycles. The zero-order valence-electron chi connectivity index (χ0n) is 26.7. The molecule has 0 aliphatic carbocycles. The fraction of sp³-hybridized carbons (Fsp3) is 0. The van der Waals surface area contributed by atoms with Crippen molar-refractivity contribution in [2.75, 3.05) is 0 Å². The standard InChI is InChI=1S/C48H30O/c1-3-15-32(16-4-1)42-30-45-43(29-41(42)35-27-26-31-14-7-8-19-34(31)28-35)48-40(24-13-25-44(48)49-45)47-38-22-11-9-20-36(38)46(33-17-5-2-6-18-33)37-21-10-12-23-39(37)47/h1-30H. The summed E-state index contributed by atoms with van der Waals surface area (Å²) in [6.07, 6.45) is 0. The summed E-state index contributed by atoms with van der Waals surface area (Å²) in [6.45, 7) is 0. The van der Waals surface area contributed by atoms with Crippen molar-refractivity contribution in [2.24, 2.45) is 0 Å². The minimum atomic E-state index is 0.889. The van der Waals surface area contributed by atoms with Crippen LogP contribution in [0.5, 0.6) is 0 Å². The SMILES string of the molecule is c1ccc(-c2cc3oc4cccc(-c5c6ccccc6c(-c6ccccc6)c6ccccc56)c4c3cc2-c2ccc3ccccc3c2)cc1. The second kappa shape index (κ2) is 11.1. The highest BCUT2D eigenvalue weighted by atomic mass is 16.3. The molecule has 1 nitrogen and oxygen atoms in total. The average Bonchev–Trinajstić information content (AvgIpc) is 3.55. The Morgan fingerprint density at radius 2 is 0.857 bits per heavy atom. The lowest BCUT2D eigenvalue weighted by molar-refractivity contribution is 0.669. The van der Waals surface area contributed by atoms with Gasteiger partial charge in [0.05, 0.1) is 0 Å². The van der Waals surface area contributed by atoms with Crippen molar-refractivity contribution in [3.8, 4) is 44.5 Å². The lowest BCUT2D eigenvalue weighted by atomic mass is 9.84. The van der Waals surface area contributed by atoms with Gasteiger partial charge in [0.1, 0.15) is 11.2 Å². The van der Waals surface area contributed by atoms with Crippen LogP contribution in [0, 0.1) is 0 Å². The van der Waals surface area contributed by atoms with E-state index in [-0.39, 0.29) is 0 Å². The second-order valence-corrected chi connectivity index (χ2v) is 12.8. The fourth-order valence-corrected chi connectivity index (χ4v) is 7.87. The first-order valence-electron chi connectivity index (χ1n) is 16.8. The van der Waals surface area contributed by atoms with Gasteiger partial charge in [-0.2, -0.15) is 0 Å². The fourth-order valence-electron chi connectivity index (χ4n) is 7.87. The van der Waals surface area contributed by atoms with Gasteiger partial charge in [-0.25, -0.2) is 0 Å². The molecule has 0 fully saturated rings. The largest absolute Gasteiger partial charge is 0.456 e. The van der Waals surface area contributed by atoms with Gasteiger partial charge in [0.15, 0.2) is 0 Å². The van der Waals surface area contributed by atoms with Crippen molar-refractivity contribution in [2.45, 2.75) is 0 Å². The Hall–Kier alpha value is -6.44. The summed E-state index contributed by atoms with van der Waals surface area (Å²) < 4.78 is 6.76. The minimum absolute atomic E-state index is 0.889. The molecule has 10 rings (SSSR count). The van der Waals surface area contributed by atoms with E-state index in [4.69, 9.17) is 4.42 Å². The van der Waals surface area contributed by atoms with Crippen molar-refractivity contribution >= 4 is 54.3 Å². The van der Waals surface area contributed by atoms with Crippen LogP contribution < -0.4 is 0 Å². The third-order valence-corrected chi connectivity index (χ3v) is 10.0. The third kappa shape index (κ3) is 4.40. The predicted octanol–water partition coefficient (Wildman–Crippen LogP) is 13.7. The quantitative estimate of drug-likeness (QED) is 0.178. The molecule has 0 saturated heterocycles. The molecule has 0 aliphatic heterocycles. The Morgan fingerprint density at radius 1 is 0.286 bits per heavy atom. The van der Waals surface area contributed by atoms with E-state index >= 15 is 0 Å². The van der Waals surface area contributed by atoms with Gasteiger partial charge in [-0.3, -0.25) is 0 Å². The highest BCUT2D eigenvalue weighted by molar-refractivity contribution is 6.26. The van der Waals surface area contributed by atoms with Crippen LogP contribution >= 0.6 is 0 Å². The average molecular weight is 623 g/mol. The van der Waals surface area contributed by atoms with Crippen molar-refractivity contribution in [3.63, 3.8) is 0 Å². The highest BCUT2D eigenvalue weighted by Crippen LogP contribution is 2.48. The summed E-state index contributed by atoms with van der Waals surface area (Å²) in [5.41, 5.74) is 11.4. The number of benzene rings is 9. The highest BCUT2D eigenvalue weighted by Gasteiger charge is 2.21. The molecule has 0 atom stereocenters. The van der Waals surface area contributed by atoms with Crippen LogP contribution in [0.4, 0.5) is 0 Å². The topological polar surface area (TPSA) is 13.1 Å². The molecule has 0 spiro atoms. The molecule has 1 heterocycles. The van der Waals surface area contributed by atoms with Gasteiger partial charge in [0, 0.05) is 10.8 Å². The van der Waals surface area contributed by atoms with Gasteiger partial charge in [-0.05, 0) is 101 Å². The van der Waals surface area contributed by atoms with Crippen LogP contribution in [-0.2, 0) is 0 Å². The second-order valence-electron chi connectivity index (χ2n) is 12.8. The van der Waals surface area contributed by atoms with Gasteiger partial charge in [-0.1, -0.05) is 158 Å². The minimum Gasteiger partial charge on any atom is -0.456 e. The monoisotopic (exact) mass is 622 g/mol. The first-order chi connectivity index (χ1) is 24.3. The van der Waals surface area contributed by atoms with Crippen molar-refractivity contribution < 1.29 is 4.42 Å². The summed E-state index contributed by atoms with van der Waals surface area (Å²) in [5.74, 6) is 0. The van der Waals surface area contributed by atoms with Crippen molar-refractivity contribution in [1.29, 1.82) is 0 Å². The zero-order valence-corrected chi connectivity index (χ0v) is 26.7. The number of rotatable bonds is 4. The Kier molecular flexibility index (Phi) is 6.25. The van der Waals surface area contributed by atoms with Crippen LogP contribution in [0.2, 0.25) is 0 Å². The van der Waals surface area contributed by atoms with E-state index in [1.165, 1.54) is 71.3 Å². The van der Waals surface area contributed by atoms with Crippen LogP contribution in [-0.4, -0.2) is 0 Å². The molecule has 0 unspecified atom stereocenters. The molecule has 0 radical (unpaired) electrons. The molecule has 0 bridgehead atoms. The van der Waals surface area contributed by atoms with E-state index in [1.54, 1.807) is 0 Å². The van der Waals surface area contributed by atoms with Crippen molar-refractivity contribution in [3.05, 3.63) is 182 Å². The summed E-state index contributed by atoms with van der Waals surface area (Å²) in [6, 6.07) is 65.7. The van der Waals surface area contributed by atoms with Crippen molar-refractivity contribution in [1.82, 2.24) is 0 Å². The number of furan rings is 1. The van der Waals surface area contributed by atoms with Crippen LogP contribution in [0.15, 0.2) is 186 Å². The predicted molar refractivity (Wildman–Crippen MR) is 208 cm³/mol. The molecule has 0 N–H and O–H groups in total. The summed E-state index contributed by atoms with van der Waals surface area (Å²) >= 11 is 0. The third-order valence-electron chi connectivity index (χ3n) is 10.0. The van der Waals surface area contributed by atoms with E-state index < -0.39 is 0 Å². The summed E-state index contributed by atoms with van der Waals surface area (Å²) in [5, 5.41) is 9.69. The van der Waals surface area contributed by atoms with Gasteiger partial charge >= 0.3 is 0 Å². The lowest BCUT2D eigenvalue weighted by Crippen LogP contribution is -1.91. The molecule has 1 heteroatoms. The molecule has 228 valence electrons. The Labute approximate surface area is 284 Å². The number of fused-ring (bicyclic) bond motifs is 6. The van der Waals surface area contributed by atoms with E-state index in [0.717, 1.165) is 27.5 Å². The molecule has 0 saturated carbocycles. The number of hydrogen-bond acceptors (Lipinski definition) is 1. The van der Waals surface area contributed by atoms with Gasteiger partial charge < -0.3 is 4.42 Å². The van der Waals surface area contributed by atoms with Gasteiger partial charge in [0.25, 0.3) is 0 Å². The van der Waals surface area contributed by atoms with Gasteiger partial charge in [0.2, 0.25) is 0 Å². The zero-order chi connectivity index (χ0) is 32.3. The maximum absolute atomic E-state index is 6.76. The first-order valence-corrected chi connectivity index (χ1v) is 16.8. The summed E-state index contributed by atoms with van der Waals surface area (Å²) in [7, 11) is 0. The van der Waals surface area contributed by atoms with Crippen LogP contribution in [0.3, 0.4) is 0 Å². The molecular formula is C48H30O. The number of hydrogen-bond donors (Lipinski definition) is 0. The van der Waals surface area contributed by atoms with Crippen LogP contribution in [0.1, 0.15) is 0 Å². The molecule has 0 amide bonds. The molecule has 10 aromatic rings. The molecular weight excluding hydrogens is 593 g/mol. The smallest absolute Gasteiger partial charge is 0.136 e. The molecule has 1 aromatic heterocycles. The normalized spacial score (nSPS) is 11.7. The van der Waals surface area contributed by atoms with E-state index in [9.17, 15) is 0 Å². The van der Waals surface area contributed by atoms with Gasteiger partial charge in [-0.15, -0.1) is 0 Å². The first kappa shape index (κ1) is 27.7.